The van der Waals surface area contributed by atoms with Gasteiger partial charge in [-0.1, -0.05) is 23.7 Å². The van der Waals surface area contributed by atoms with Gasteiger partial charge in [-0.2, -0.15) is 4.99 Å². The van der Waals surface area contributed by atoms with Gasteiger partial charge in [0.25, 0.3) is 0 Å². The SMILES string of the molecule is COc1ccc(N2CCN(/C(=N\C(=S)Nc3ccccc3Cl)Nc3nc(C)cc(C)n3)CC2)cc1. The van der Waals surface area contributed by atoms with Crippen LogP contribution >= 0.6 is 23.8 Å². The van der Waals surface area contributed by atoms with Crippen LogP contribution in [0.15, 0.2) is 59.6 Å². The van der Waals surface area contributed by atoms with Crippen molar-refractivity contribution in [3.8, 4) is 5.75 Å². The molecule has 2 heterocycles. The Morgan fingerprint density at radius 2 is 1.63 bits per heavy atom. The number of benzene rings is 2. The Hall–Kier alpha value is -3.43. The van der Waals surface area contributed by atoms with Crippen LogP contribution in [0.2, 0.25) is 5.02 Å². The topological polar surface area (TPSA) is 77.9 Å². The van der Waals surface area contributed by atoms with E-state index in [4.69, 9.17) is 28.6 Å². The van der Waals surface area contributed by atoms with E-state index in [0.29, 0.717) is 27.7 Å². The van der Waals surface area contributed by atoms with E-state index < -0.39 is 0 Å². The highest BCUT2D eigenvalue weighted by molar-refractivity contribution is 7.80. The number of halogens is 1. The highest BCUT2D eigenvalue weighted by Crippen LogP contribution is 2.22. The minimum Gasteiger partial charge on any atom is -0.497 e. The number of aromatic nitrogens is 2. The number of aryl methyl sites for hydroxylation is 2. The molecular formula is C25H28ClN7OS. The molecule has 0 spiro atoms. The van der Waals surface area contributed by atoms with Gasteiger partial charge in [-0.15, -0.1) is 0 Å². The molecule has 1 aliphatic heterocycles. The molecule has 2 N–H and O–H groups in total. The predicted octanol–water partition coefficient (Wildman–Crippen LogP) is 4.74. The van der Waals surface area contributed by atoms with E-state index in [9.17, 15) is 0 Å². The molecule has 1 fully saturated rings. The lowest BCUT2D eigenvalue weighted by Crippen LogP contribution is -2.51. The summed E-state index contributed by atoms with van der Waals surface area (Å²) in [6.07, 6.45) is 0. The number of rotatable bonds is 4. The fourth-order valence-corrected chi connectivity index (χ4v) is 4.21. The summed E-state index contributed by atoms with van der Waals surface area (Å²) in [7, 11) is 1.67. The van der Waals surface area contributed by atoms with Gasteiger partial charge in [0.2, 0.25) is 17.0 Å². The van der Waals surface area contributed by atoms with Crippen LogP contribution in [0.1, 0.15) is 11.4 Å². The number of nitrogens with zero attached hydrogens (tertiary/aromatic N) is 5. The quantitative estimate of drug-likeness (QED) is 0.296. The third kappa shape index (κ3) is 6.58. The van der Waals surface area contributed by atoms with Gasteiger partial charge in [-0.25, -0.2) is 9.97 Å². The van der Waals surface area contributed by atoms with E-state index in [1.807, 2.05) is 50.2 Å². The number of methoxy groups -OCH3 is 1. The zero-order valence-electron chi connectivity index (χ0n) is 20.0. The van der Waals surface area contributed by atoms with Crippen LogP contribution in [-0.4, -0.2) is 59.2 Å². The van der Waals surface area contributed by atoms with Crippen LogP contribution in [0.4, 0.5) is 17.3 Å². The number of thiocarbonyl (C=S) groups is 1. The largest absolute Gasteiger partial charge is 0.497 e. The Kier molecular flexibility index (Phi) is 7.99. The molecule has 0 atom stereocenters. The molecule has 3 aromatic rings. The summed E-state index contributed by atoms with van der Waals surface area (Å²) < 4.78 is 5.28. The summed E-state index contributed by atoms with van der Waals surface area (Å²) in [5.41, 5.74) is 3.61. The van der Waals surface area contributed by atoms with Gasteiger partial charge in [0.15, 0.2) is 0 Å². The summed E-state index contributed by atoms with van der Waals surface area (Å²) in [5.74, 6) is 1.92. The molecule has 8 nitrogen and oxygen atoms in total. The molecule has 0 bridgehead atoms. The van der Waals surface area contributed by atoms with Gasteiger partial charge < -0.3 is 19.9 Å². The number of anilines is 3. The molecule has 0 aliphatic carbocycles. The highest BCUT2D eigenvalue weighted by Gasteiger charge is 2.22. The van der Waals surface area contributed by atoms with E-state index in [1.165, 1.54) is 0 Å². The maximum atomic E-state index is 6.28. The first-order valence-electron chi connectivity index (χ1n) is 11.3. The zero-order valence-corrected chi connectivity index (χ0v) is 21.5. The van der Waals surface area contributed by atoms with E-state index in [1.54, 1.807) is 13.2 Å². The molecular weight excluding hydrogens is 482 g/mol. The molecule has 0 amide bonds. The molecule has 1 aromatic heterocycles. The van der Waals surface area contributed by atoms with Crippen molar-refractivity contribution >= 4 is 52.2 Å². The molecule has 1 aliphatic rings. The highest BCUT2D eigenvalue weighted by atomic mass is 35.5. The van der Waals surface area contributed by atoms with Crippen molar-refractivity contribution < 1.29 is 4.74 Å². The summed E-state index contributed by atoms with van der Waals surface area (Å²) in [5, 5.41) is 7.27. The van der Waals surface area contributed by atoms with Crippen molar-refractivity contribution in [2.24, 2.45) is 4.99 Å². The fourth-order valence-electron chi connectivity index (χ4n) is 3.83. The Morgan fingerprint density at radius 1 is 0.971 bits per heavy atom. The van der Waals surface area contributed by atoms with E-state index in [-0.39, 0.29) is 0 Å². The monoisotopic (exact) mass is 509 g/mol. The Bertz CT molecular complexity index is 1190. The number of guanidine groups is 1. The molecule has 0 saturated carbocycles. The van der Waals surface area contributed by atoms with Crippen LogP contribution in [-0.2, 0) is 0 Å². The van der Waals surface area contributed by atoms with E-state index >= 15 is 0 Å². The van der Waals surface area contributed by atoms with Crippen molar-refractivity contribution in [3.63, 3.8) is 0 Å². The third-order valence-corrected chi connectivity index (χ3v) is 6.07. The second kappa shape index (κ2) is 11.3. The lowest BCUT2D eigenvalue weighted by atomic mass is 10.2. The summed E-state index contributed by atoms with van der Waals surface area (Å²) >= 11 is 11.8. The average Bonchev–Trinajstić information content (AvgIpc) is 2.85. The van der Waals surface area contributed by atoms with Crippen molar-refractivity contribution in [2.75, 3.05) is 48.8 Å². The maximum Gasteiger partial charge on any atom is 0.229 e. The van der Waals surface area contributed by atoms with Crippen molar-refractivity contribution in [2.45, 2.75) is 13.8 Å². The maximum absolute atomic E-state index is 6.28. The van der Waals surface area contributed by atoms with Gasteiger partial charge >= 0.3 is 0 Å². The fraction of sp³-hybridized carbons (Fsp3) is 0.280. The number of para-hydroxylation sites is 1. The molecule has 4 rings (SSSR count). The van der Waals surface area contributed by atoms with Gasteiger partial charge in [-0.05, 0) is 68.5 Å². The van der Waals surface area contributed by atoms with Gasteiger partial charge in [0.05, 0.1) is 17.8 Å². The molecule has 1 saturated heterocycles. The lowest BCUT2D eigenvalue weighted by molar-refractivity contribution is 0.385. The van der Waals surface area contributed by atoms with Crippen LogP contribution in [0, 0.1) is 13.8 Å². The van der Waals surface area contributed by atoms with Crippen LogP contribution < -0.4 is 20.3 Å². The lowest BCUT2D eigenvalue weighted by Gasteiger charge is -2.37. The summed E-state index contributed by atoms with van der Waals surface area (Å²) in [6.45, 7) is 7.02. The first-order chi connectivity index (χ1) is 16.9. The second-order valence-electron chi connectivity index (χ2n) is 8.12. The van der Waals surface area contributed by atoms with Gasteiger partial charge in [-0.3, -0.25) is 5.32 Å². The molecule has 182 valence electrons. The van der Waals surface area contributed by atoms with Crippen molar-refractivity contribution in [1.29, 1.82) is 0 Å². The van der Waals surface area contributed by atoms with Crippen molar-refractivity contribution in [1.82, 2.24) is 14.9 Å². The normalized spacial score (nSPS) is 14.0. The molecule has 10 heteroatoms. The number of piperazine rings is 1. The summed E-state index contributed by atoms with van der Waals surface area (Å²) in [4.78, 5) is 18.2. The smallest absolute Gasteiger partial charge is 0.229 e. The van der Waals surface area contributed by atoms with Crippen molar-refractivity contribution in [3.05, 3.63) is 71.0 Å². The minimum atomic E-state index is 0.294. The standard InChI is InChI=1S/C25H28ClN7OS/c1-17-16-18(2)28-23(27-17)30-24(31-25(35)29-22-7-5-4-6-21(22)26)33-14-12-32(13-15-33)19-8-10-20(34-3)11-9-19/h4-11,16H,12-15H2,1-3H3,(H2,27,28,29,30,31,35). The number of aliphatic imine (C=N–C) groups is 1. The number of hydrogen-bond acceptors (Lipinski definition) is 5. The summed E-state index contributed by atoms with van der Waals surface area (Å²) in [6, 6.07) is 17.5. The predicted molar refractivity (Wildman–Crippen MR) is 147 cm³/mol. The molecule has 35 heavy (non-hydrogen) atoms. The first kappa shape index (κ1) is 24.7. The molecule has 0 radical (unpaired) electrons. The van der Waals surface area contributed by atoms with Crippen LogP contribution in [0.25, 0.3) is 0 Å². The van der Waals surface area contributed by atoms with E-state index in [0.717, 1.165) is 49.0 Å². The Labute approximate surface area is 216 Å². The van der Waals surface area contributed by atoms with E-state index in [2.05, 4.69) is 47.5 Å². The van der Waals surface area contributed by atoms with Gasteiger partial charge in [0, 0.05) is 43.3 Å². The average molecular weight is 510 g/mol. The number of hydrogen-bond donors (Lipinski definition) is 2. The van der Waals surface area contributed by atoms with Crippen LogP contribution in [0.5, 0.6) is 5.75 Å². The number of nitrogens with one attached hydrogen (secondary N) is 2. The first-order valence-corrected chi connectivity index (χ1v) is 12.1. The number of ether oxygens (including phenoxy) is 1. The van der Waals surface area contributed by atoms with Gasteiger partial charge in [0.1, 0.15) is 5.75 Å². The second-order valence-corrected chi connectivity index (χ2v) is 8.91. The molecule has 2 aromatic carbocycles. The Balaban J connectivity index is 1.52. The third-order valence-electron chi connectivity index (χ3n) is 5.55. The minimum absolute atomic E-state index is 0.294. The zero-order chi connectivity index (χ0) is 24.8. The van der Waals surface area contributed by atoms with Crippen LogP contribution in [0.3, 0.4) is 0 Å². The Morgan fingerprint density at radius 3 is 2.26 bits per heavy atom. The molecule has 0 unspecified atom stereocenters.